The van der Waals surface area contributed by atoms with Crippen LogP contribution in [-0.4, -0.2) is 110 Å². The fraction of sp³-hybridized carbons (Fsp3) is 0.556. The Morgan fingerprint density at radius 3 is 1.36 bits per heavy atom. The molecule has 0 aromatic carbocycles. The Labute approximate surface area is 202 Å². The molecule has 0 fully saturated rings. The molecule has 0 radical (unpaired) electrons. The molecule has 0 bridgehead atoms. The van der Waals surface area contributed by atoms with Crippen LogP contribution in [0.25, 0.3) is 0 Å². The highest BCUT2D eigenvalue weighted by Gasteiger charge is 2.32. The van der Waals surface area contributed by atoms with E-state index in [9.17, 15) is 43.5 Å². The number of amides is 4. The third-order valence-electron chi connectivity index (χ3n) is 4.30. The molecule has 0 saturated heterocycles. The standard InChI is InChI=1S/C18H27N5O13/c1-6(18(35)36)20-15(32)8(3-12(27)28)22-17(34)10(5-24)23-16(33)9(4-13(29)30)21-14(31)7(19)2-11(25)26/h6-10,24H,2-5,19H2,1H3,(H,20,32)(H,21,31)(H,22,34)(H,23,33)(H,25,26)(H,27,28)(H,29,30)(H,35,36)/t6-,7-,8-,9-,10-/m0/s1. The Morgan fingerprint density at radius 2 is 0.972 bits per heavy atom. The van der Waals surface area contributed by atoms with Crippen LogP contribution in [0.1, 0.15) is 26.2 Å². The van der Waals surface area contributed by atoms with E-state index in [0.29, 0.717) is 0 Å². The quantitative estimate of drug-likeness (QED) is 0.0907. The zero-order chi connectivity index (χ0) is 28.2. The highest BCUT2D eigenvalue weighted by molar-refractivity contribution is 5.97. The molecule has 5 atom stereocenters. The van der Waals surface area contributed by atoms with Crippen molar-refractivity contribution in [3.63, 3.8) is 0 Å². The number of hydrogen-bond donors (Lipinski definition) is 10. The van der Waals surface area contributed by atoms with Crippen LogP contribution in [0, 0.1) is 0 Å². The largest absolute Gasteiger partial charge is 0.481 e. The topological polar surface area (TPSA) is 312 Å². The van der Waals surface area contributed by atoms with Crippen molar-refractivity contribution < 1.29 is 63.9 Å². The molecule has 0 unspecified atom stereocenters. The summed E-state index contributed by atoms with van der Waals surface area (Å²) >= 11 is 0. The maximum absolute atomic E-state index is 12.5. The van der Waals surface area contributed by atoms with Crippen molar-refractivity contribution in [2.75, 3.05) is 6.61 Å². The summed E-state index contributed by atoms with van der Waals surface area (Å²) in [5.74, 6) is -11.1. The molecule has 4 amide bonds. The number of carboxylic acids is 4. The van der Waals surface area contributed by atoms with Gasteiger partial charge < -0.3 is 52.5 Å². The number of hydrogen-bond acceptors (Lipinski definition) is 10. The van der Waals surface area contributed by atoms with Crippen LogP contribution in [-0.2, 0) is 38.4 Å². The number of rotatable bonds is 16. The van der Waals surface area contributed by atoms with Gasteiger partial charge in [0.15, 0.2) is 0 Å². The third kappa shape index (κ3) is 11.7. The molecule has 0 heterocycles. The lowest BCUT2D eigenvalue weighted by atomic mass is 10.1. The number of nitrogens with one attached hydrogen (secondary N) is 4. The molecule has 0 aromatic rings. The highest BCUT2D eigenvalue weighted by atomic mass is 16.4. The molecular weight excluding hydrogens is 494 g/mol. The SMILES string of the molecule is C[C@H](NC(=O)[C@H](CC(=O)O)NC(=O)[C@H](CO)NC(=O)[C@H](CC(=O)O)NC(=O)[C@@H](N)CC(=O)O)C(=O)O. The molecule has 36 heavy (non-hydrogen) atoms. The van der Waals surface area contributed by atoms with E-state index in [-0.39, 0.29) is 0 Å². The molecule has 0 rings (SSSR count). The second kappa shape index (κ2) is 14.8. The molecule has 0 saturated carbocycles. The van der Waals surface area contributed by atoms with Crippen LogP contribution >= 0.6 is 0 Å². The maximum atomic E-state index is 12.5. The summed E-state index contributed by atoms with van der Waals surface area (Å²) in [6.07, 6.45) is -2.88. The second-order valence-corrected chi connectivity index (χ2v) is 7.33. The lowest BCUT2D eigenvalue weighted by Crippen LogP contribution is -2.59. The van der Waals surface area contributed by atoms with Crippen molar-refractivity contribution in [3.05, 3.63) is 0 Å². The number of carbonyl (C=O) groups is 8. The van der Waals surface area contributed by atoms with Gasteiger partial charge in [-0.15, -0.1) is 0 Å². The van der Waals surface area contributed by atoms with Crippen LogP contribution in [0.5, 0.6) is 0 Å². The number of carboxylic acid groups (broad SMARTS) is 4. The summed E-state index contributed by atoms with van der Waals surface area (Å²) in [6, 6.07) is -8.67. The summed E-state index contributed by atoms with van der Waals surface area (Å²) < 4.78 is 0. The van der Waals surface area contributed by atoms with Gasteiger partial charge in [-0.2, -0.15) is 0 Å². The van der Waals surface area contributed by atoms with Crippen molar-refractivity contribution in [3.8, 4) is 0 Å². The van der Waals surface area contributed by atoms with Crippen LogP contribution in [0.15, 0.2) is 0 Å². The number of aliphatic hydroxyl groups is 1. The molecule has 0 aliphatic rings. The Balaban J connectivity index is 5.51. The zero-order valence-corrected chi connectivity index (χ0v) is 18.8. The van der Waals surface area contributed by atoms with Crippen molar-refractivity contribution >= 4 is 47.5 Å². The average Bonchev–Trinajstić information content (AvgIpc) is 2.74. The third-order valence-corrected chi connectivity index (χ3v) is 4.30. The smallest absolute Gasteiger partial charge is 0.325 e. The van der Waals surface area contributed by atoms with E-state index in [1.54, 1.807) is 0 Å². The van der Waals surface area contributed by atoms with Gasteiger partial charge in [-0.1, -0.05) is 0 Å². The number of nitrogens with two attached hydrogens (primary N) is 1. The van der Waals surface area contributed by atoms with Crippen LogP contribution < -0.4 is 27.0 Å². The minimum Gasteiger partial charge on any atom is -0.481 e. The molecule has 18 nitrogen and oxygen atoms in total. The van der Waals surface area contributed by atoms with Gasteiger partial charge in [0.05, 0.1) is 31.9 Å². The van der Waals surface area contributed by atoms with Gasteiger partial charge in [0.2, 0.25) is 23.6 Å². The molecule has 18 heteroatoms. The highest BCUT2D eigenvalue weighted by Crippen LogP contribution is 2.00. The Kier molecular flexibility index (Phi) is 13.1. The van der Waals surface area contributed by atoms with E-state index in [1.165, 1.54) is 0 Å². The van der Waals surface area contributed by atoms with Gasteiger partial charge in [0.1, 0.15) is 24.2 Å². The van der Waals surface area contributed by atoms with Gasteiger partial charge in [-0.05, 0) is 6.92 Å². The van der Waals surface area contributed by atoms with Crippen molar-refractivity contribution in [1.29, 1.82) is 0 Å². The molecular formula is C18H27N5O13. The van der Waals surface area contributed by atoms with E-state index in [1.807, 2.05) is 21.3 Å². The Hall–Kier alpha value is -4.32. The number of carbonyl (C=O) groups excluding carboxylic acids is 4. The van der Waals surface area contributed by atoms with E-state index in [0.717, 1.165) is 6.92 Å². The minimum absolute atomic E-state index is 0.845. The normalized spacial score (nSPS) is 14.6. The average molecular weight is 521 g/mol. The van der Waals surface area contributed by atoms with Crippen LogP contribution in [0.4, 0.5) is 0 Å². The lowest BCUT2D eigenvalue weighted by molar-refractivity contribution is -0.143. The van der Waals surface area contributed by atoms with Gasteiger partial charge in [0.25, 0.3) is 0 Å². The van der Waals surface area contributed by atoms with E-state index in [2.05, 4.69) is 0 Å². The summed E-state index contributed by atoms with van der Waals surface area (Å²) in [7, 11) is 0. The summed E-state index contributed by atoms with van der Waals surface area (Å²) in [5.41, 5.74) is 5.35. The molecule has 202 valence electrons. The summed E-state index contributed by atoms with van der Waals surface area (Å²) in [5, 5.41) is 52.6. The predicted octanol–water partition coefficient (Wildman–Crippen LogP) is -5.23. The Morgan fingerprint density at radius 1 is 0.611 bits per heavy atom. The van der Waals surface area contributed by atoms with Crippen molar-refractivity contribution in [2.24, 2.45) is 5.73 Å². The van der Waals surface area contributed by atoms with E-state index < -0.39 is 104 Å². The predicted molar refractivity (Wildman–Crippen MR) is 113 cm³/mol. The monoisotopic (exact) mass is 521 g/mol. The van der Waals surface area contributed by atoms with Gasteiger partial charge in [-0.3, -0.25) is 38.4 Å². The van der Waals surface area contributed by atoms with Crippen LogP contribution in [0.3, 0.4) is 0 Å². The first-order valence-electron chi connectivity index (χ1n) is 10.0. The number of aliphatic carboxylic acids is 4. The van der Waals surface area contributed by atoms with Crippen molar-refractivity contribution in [1.82, 2.24) is 21.3 Å². The number of aliphatic hydroxyl groups excluding tert-OH is 1. The summed E-state index contributed by atoms with van der Waals surface area (Å²) in [6.45, 7) is -0.0628. The lowest BCUT2D eigenvalue weighted by Gasteiger charge is -2.24. The first-order valence-corrected chi connectivity index (χ1v) is 10.0. The fourth-order valence-electron chi connectivity index (χ4n) is 2.44. The zero-order valence-electron chi connectivity index (χ0n) is 18.8. The minimum atomic E-state index is -1.88. The van der Waals surface area contributed by atoms with Crippen molar-refractivity contribution in [2.45, 2.75) is 56.4 Å². The molecule has 0 aromatic heterocycles. The van der Waals surface area contributed by atoms with Gasteiger partial charge in [0, 0.05) is 0 Å². The van der Waals surface area contributed by atoms with Gasteiger partial charge >= 0.3 is 23.9 Å². The maximum Gasteiger partial charge on any atom is 0.325 e. The van der Waals surface area contributed by atoms with Crippen LogP contribution in [0.2, 0.25) is 0 Å². The first kappa shape index (κ1) is 31.7. The molecule has 0 aliphatic heterocycles. The molecule has 0 spiro atoms. The first-order chi connectivity index (χ1) is 16.6. The fourth-order valence-corrected chi connectivity index (χ4v) is 2.44. The molecule has 11 N–H and O–H groups in total. The second-order valence-electron chi connectivity index (χ2n) is 7.33. The molecule has 0 aliphatic carbocycles. The van der Waals surface area contributed by atoms with E-state index in [4.69, 9.17) is 26.2 Å². The summed E-state index contributed by atoms with van der Waals surface area (Å²) in [4.78, 5) is 92.7. The van der Waals surface area contributed by atoms with E-state index >= 15 is 0 Å². The van der Waals surface area contributed by atoms with Gasteiger partial charge in [-0.25, -0.2) is 0 Å². The Bertz CT molecular complexity index is 893.